The van der Waals surface area contributed by atoms with Crippen LogP contribution in [-0.2, 0) is 9.53 Å². The molecule has 162 valence electrons. The maximum atomic E-state index is 12.9. The van der Waals surface area contributed by atoms with E-state index in [2.05, 4.69) is 22.1 Å². The van der Waals surface area contributed by atoms with Crippen LogP contribution in [0.2, 0.25) is 0 Å². The topological polar surface area (TPSA) is 74.4 Å². The van der Waals surface area contributed by atoms with Crippen LogP contribution in [0.3, 0.4) is 0 Å². The van der Waals surface area contributed by atoms with Gasteiger partial charge in [0.2, 0.25) is 0 Å². The fraction of sp³-hybridized carbons (Fsp3) is 0.583. The molecule has 0 spiro atoms. The van der Waals surface area contributed by atoms with Crippen molar-refractivity contribution in [2.24, 2.45) is 5.92 Å². The lowest BCUT2D eigenvalue weighted by Gasteiger charge is -2.29. The molecule has 30 heavy (non-hydrogen) atoms. The molecule has 1 aliphatic heterocycles. The summed E-state index contributed by atoms with van der Waals surface area (Å²) in [6.45, 7) is 5.73. The van der Waals surface area contributed by atoms with Crippen molar-refractivity contribution in [1.29, 1.82) is 0 Å². The van der Waals surface area contributed by atoms with Gasteiger partial charge in [0, 0.05) is 41.3 Å². The number of aromatic nitrogens is 1. The Hall–Kier alpha value is -2.34. The smallest absolute Gasteiger partial charge is 0.323 e. The third-order valence-electron chi connectivity index (χ3n) is 7.00. The number of likely N-dealkylation sites (tertiary alicyclic amines) is 1. The highest BCUT2D eigenvalue weighted by molar-refractivity contribution is 5.99. The molecule has 1 aromatic carbocycles. The number of nitrogens with zero attached hydrogens (tertiary/aromatic N) is 1. The molecule has 6 nitrogen and oxygen atoms in total. The van der Waals surface area contributed by atoms with Crippen LogP contribution >= 0.6 is 0 Å². The fourth-order valence-corrected chi connectivity index (χ4v) is 5.16. The zero-order valence-corrected chi connectivity index (χ0v) is 18.3. The van der Waals surface area contributed by atoms with E-state index >= 15 is 0 Å². The summed E-state index contributed by atoms with van der Waals surface area (Å²) in [5.41, 5.74) is 4.00. The highest BCUT2D eigenvalue weighted by Gasteiger charge is 2.39. The van der Waals surface area contributed by atoms with Gasteiger partial charge in [-0.2, -0.15) is 0 Å². The predicted molar refractivity (Wildman–Crippen MR) is 118 cm³/mol. The van der Waals surface area contributed by atoms with Gasteiger partial charge in [-0.15, -0.1) is 0 Å². The molecule has 1 amide bonds. The Kier molecular flexibility index (Phi) is 6.14. The molecular formula is C24H33N3O3. The number of amides is 1. The lowest BCUT2D eigenvalue weighted by molar-refractivity contribution is -0.146. The molecule has 4 rings (SSSR count). The largest absolute Gasteiger partial charge is 0.468 e. The minimum absolute atomic E-state index is 0.0463. The highest BCUT2D eigenvalue weighted by atomic mass is 16.5. The van der Waals surface area contributed by atoms with Gasteiger partial charge in [0.15, 0.2) is 0 Å². The van der Waals surface area contributed by atoms with Gasteiger partial charge in [0.1, 0.15) is 6.04 Å². The van der Waals surface area contributed by atoms with E-state index in [9.17, 15) is 9.59 Å². The number of rotatable bonds is 5. The van der Waals surface area contributed by atoms with E-state index < -0.39 is 0 Å². The van der Waals surface area contributed by atoms with Gasteiger partial charge in [-0.25, -0.2) is 0 Å². The van der Waals surface area contributed by atoms with Crippen molar-refractivity contribution in [3.8, 4) is 0 Å². The normalized spacial score (nSPS) is 23.0. The quantitative estimate of drug-likeness (QED) is 0.736. The number of H-pyrrole nitrogens is 1. The molecule has 2 aliphatic rings. The van der Waals surface area contributed by atoms with Crippen LogP contribution in [0.5, 0.6) is 0 Å². The maximum Gasteiger partial charge on any atom is 0.323 e. The van der Waals surface area contributed by atoms with E-state index in [1.165, 1.54) is 44.8 Å². The average molecular weight is 412 g/mol. The van der Waals surface area contributed by atoms with Crippen LogP contribution in [0.4, 0.5) is 0 Å². The third kappa shape index (κ3) is 4.24. The first-order valence-corrected chi connectivity index (χ1v) is 11.2. The van der Waals surface area contributed by atoms with E-state index in [1.807, 2.05) is 25.1 Å². The van der Waals surface area contributed by atoms with Gasteiger partial charge in [-0.05, 0) is 62.8 Å². The van der Waals surface area contributed by atoms with E-state index in [1.54, 1.807) is 0 Å². The van der Waals surface area contributed by atoms with Crippen LogP contribution in [0.15, 0.2) is 18.2 Å². The molecular weight excluding hydrogens is 378 g/mol. The summed E-state index contributed by atoms with van der Waals surface area (Å²) in [4.78, 5) is 30.9. The maximum absolute atomic E-state index is 12.9. The summed E-state index contributed by atoms with van der Waals surface area (Å²) < 4.78 is 5.06. The minimum Gasteiger partial charge on any atom is -0.468 e. The standard InChI is InChI=1S/C24H33N3O3/c1-15-16(2)25-21-10-9-18(11-20(15)21)23(28)26-19-12-22(24(29)30-3)27(14-19)13-17-7-5-4-6-8-17/h9-11,17,19,22,25H,4-8,12-14H2,1-3H3,(H,26,28)/t19-,22+/m1/s1. The molecule has 1 saturated carbocycles. The van der Waals surface area contributed by atoms with Gasteiger partial charge >= 0.3 is 5.97 Å². The second-order valence-electron chi connectivity index (χ2n) is 9.04. The van der Waals surface area contributed by atoms with Crippen LogP contribution in [-0.4, -0.2) is 54.0 Å². The number of esters is 1. The Morgan fingerprint density at radius 3 is 2.70 bits per heavy atom. The average Bonchev–Trinajstić information content (AvgIpc) is 3.28. The van der Waals surface area contributed by atoms with Crippen LogP contribution in [0, 0.1) is 19.8 Å². The number of methoxy groups -OCH3 is 1. The monoisotopic (exact) mass is 411 g/mol. The Labute approximate surface area is 178 Å². The molecule has 0 radical (unpaired) electrons. The van der Waals surface area contributed by atoms with E-state index in [-0.39, 0.29) is 24.0 Å². The van der Waals surface area contributed by atoms with Crippen molar-refractivity contribution in [2.75, 3.05) is 20.2 Å². The molecule has 1 aliphatic carbocycles. The first-order valence-electron chi connectivity index (χ1n) is 11.2. The molecule has 1 saturated heterocycles. The summed E-state index contributed by atoms with van der Waals surface area (Å²) >= 11 is 0. The summed E-state index contributed by atoms with van der Waals surface area (Å²) in [6.07, 6.45) is 6.95. The summed E-state index contributed by atoms with van der Waals surface area (Å²) in [7, 11) is 1.45. The molecule has 1 aromatic heterocycles. The number of carbonyl (C=O) groups excluding carboxylic acids is 2. The van der Waals surface area contributed by atoms with Crippen molar-refractivity contribution in [3.63, 3.8) is 0 Å². The fourth-order valence-electron chi connectivity index (χ4n) is 5.16. The van der Waals surface area contributed by atoms with Crippen LogP contribution < -0.4 is 5.32 Å². The Morgan fingerprint density at radius 1 is 1.20 bits per heavy atom. The van der Waals surface area contributed by atoms with E-state index in [0.29, 0.717) is 24.4 Å². The second kappa shape index (κ2) is 8.80. The number of aryl methyl sites for hydroxylation is 2. The minimum atomic E-state index is -0.265. The Bertz CT molecular complexity index is 929. The molecule has 2 N–H and O–H groups in total. The van der Waals surface area contributed by atoms with Gasteiger partial charge in [0.25, 0.3) is 5.91 Å². The first kappa shape index (κ1) is 20.9. The van der Waals surface area contributed by atoms with Crippen molar-refractivity contribution < 1.29 is 14.3 Å². The zero-order valence-electron chi connectivity index (χ0n) is 18.3. The van der Waals surface area contributed by atoms with Crippen molar-refractivity contribution in [2.45, 2.75) is 64.5 Å². The first-order chi connectivity index (χ1) is 14.5. The number of nitrogens with one attached hydrogen (secondary N) is 2. The number of fused-ring (bicyclic) bond motifs is 1. The molecule has 0 unspecified atom stereocenters. The molecule has 0 bridgehead atoms. The van der Waals surface area contributed by atoms with E-state index in [4.69, 9.17) is 4.74 Å². The SMILES string of the molecule is COC(=O)[C@@H]1C[C@@H](NC(=O)c2ccc3[nH]c(C)c(C)c3c2)CN1CC1CCCCC1. The second-order valence-corrected chi connectivity index (χ2v) is 9.04. The Balaban J connectivity index is 1.45. The molecule has 2 heterocycles. The van der Waals surface area contributed by atoms with Crippen LogP contribution in [0.1, 0.15) is 60.1 Å². The van der Waals surface area contributed by atoms with Gasteiger partial charge in [-0.1, -0.05) is 19.3 Å². The highest BCUT2D eigenvalue weighted by Crippen LogP contribution is 2.28. The van der Waals surface area contributed by atoms with Crippen molar-refractivity contribution in [3.05, 3.63) is 35.0 Å². The molecule has 6 heteroatoms. The van der Waals surface area contributed by atoms with Gasteiger partial charge in [0.05, 0.1) is 7.11 Å². The molecule has 2 atom stereocenters. The summed E-state index contributed by atoms with van der Waals surface area (Å²) in [5.74, 6) is 0.369. The van der Waals surface area contributed by atoms with E-state index in [0.717, 1.165) is 23.1 Å². The van der Waals surface area contributed by atoms with Crippen LogP contribution in [0.25, 0.3) is 10.9 Å². The number of carbonyl (C=O) groups is 2. The molecule has 2 aromatic rings. The number of aromatic amines is 1. The zero-order chi connectivity index (χ0) is 21.3. The van der Waals surface area contributed by atoms with Crippen molar-refractivity contribution >= 4 is 22.8 Å². The van der Waals surface area contributed by atoms with Gasteiger partial charge in [-0.3, -0.25) is 14.5 Å². The van der Waals surface area contributed by atoms with Crippen molar-refractivity contribution in [1.82, 2.24) is 15.2 Å². The third-order valence-corrected chi connectivity index (χ3v) is 7.00. The number of benzene rings is 1. The van der Waals surface area contributed by atoms with Gasteiger partial charge < -0.3 is 15.0 Å². The number of hydrogen-bond acceptors (Lipinski definition) is 4. The Morgan fingerprint density at radius 2 is 1.97 bits per heavy atom. The number of ether oxygens (including phenoxy) is 1. The lowest BCUT2D eigenvalue weighted by Crippen LogP contribution is -2.41. The number of hydrogen-bond donors (Lipinski definition) is 2. The molecule has 2 fully saturated rings. The lowest BCUT2D eigenvalue weighted by atomic mass is 9.89. The summed E-state index contributed by atoms with van der Waals surface area (Å²) in [6, 6.07) is 5.47. The predicted octanol–water partition coefficient (Wildman–Crippen LogP) is 3.71. The summed E-state index contributed by atoms with van der Waals surface area (Å²) in [5, 5.41) is 4.25.